The van der Waals surface area contributed by atoms with Crippen LogP contribution in [0.4, 0.5) is 4.39 Å². The molecule has 0 bridgehead atoms. The maximum absolute atomic E-state index is 12.9. The molecule has 0 fully saturated rings. The van der Waals surface area contributed by atoms with E-state index in [2.05, 4.69) is 10.3 Å². The van der Waals surface area contributed by atoms with Gasteiger partial charge in [-0.25, -0.2) is 9.37 Å². The number of carbonyl (C=O) groups is 1. The number of rotatable bonds is 6. The Kier molecular flexibility index (Phi) is 5.23. The molecule has 1 N–H and O–H groups in total. The number of nitrogens with zero attached hydrogens (tertiary/aromatic N) is 2. The summed E-state index contributed by atoms with van der Waals surface area (Å²) in [6.45, 7) is 2.48. The van der Waals surface area contributed by atoms with Crippen molar-refractivity contribution in [2.24, 2.45) is 0 Å². The molecule has 4 nitrogen and oxygen atoms in total. The Balaban J connectivity index is 1.52. The molecule has 3 aromatic rings. The van der Waals surface area contributed by atoms with E-state index in [1.54, 1.807) is 12.1 Å². The first kappa shape index (κ1) is 16.9. The van der Waals surface area contributed by atoms with Gasteiger partial charge in [0.15, 0.2) is 0 Å². The van der Waals surface area contributed by atoms with E-state index >= 15 is 0 Å². The third-order valence-corrected chi connectivity index (χ3v) is 3.95. The number of aryl methyl sites for hydroxylation is 1. The third-order valence-electron chi connectivity index (χ3n) is 3.95. The van der Waals surface area contributed by atoms with Gasteiger partial charge in [0.25, 0.3) is 0 Å². The SMILES string of the molecule is Cc1nc(CCNC(=O)Cc2ccc(F)cc2)cn1-c1ccccc1. The summed E-state index contributed by atoms with van der Waals surface area (Å²) < 4.78 is 14.9. The lowest BCUT2D eigenvalue weighted by atomic mass is 10.1. The van der Waals surface area contributed by atoms with Gasteiger partial charge >= 0.3 is 0 Å². The van der Waals surface area contributed by atoms with Crippen LogP contribution in [0.15, 0.2) is 60.8 Å². The zero-order valence-corrected chi connectivity index (χ0v) is 14.1. The minimum absolute atomic E-state index is 0.0779. The Bertz CT molecular complexity index is 841. The van der Waals surface area contributed by atoms with Gasteiger partial charge in [-0.2, -0.15) is 0 Å². The van der Waals surface area contributed by atoms with E-state index in [-0.39, 0.29) is 18.1 Å². The number of hydrogen-bond donors (Lipinski definition) is 1. The van der Waals surface area contributed by atoms with Crippen LogP contribution in [-0.4, -0.2) is 22.0 Å². The van der Waals surface area contributed by atoms with E-state index in [0.717, 1.165) is 22.8 Å². The number of amides is 1. The first-order valence-electron chi connectivity index (χ1n) is 8.23. The Morgan fingerprint density at radius 3 is 2.56 bits per heavy atom. The van der Waals surface area contributed by atoms with E-state index < -0.39 is 0 Å². The number of para-hydroxylation sites is 1. The molecule has 128 valence electrons. The van der Waals surface area contributed by atoms with Crippen LogP contribution in [0.5, 0.6) is 0 Å². The van der Waals surface area contributed by atoms with Crippen molar-refractivity contribution in [3.63, 3.8) is 0 Å². The van der Waals surface area contributed by atoms with Gasteiger partial charge in [-0.3, -0.25) is 4.79 Å². The van der Waals surface area contributed by atoms with Gasteiger partial charge in [-0.05, 0) is 36.8 Å². The maximum Gasteiger partial charge on any atom is 0.224 e. The molecule has 3 rings (SSSR count). The summed E-state index contributed by atoms with van der Waals surface area (Å²) in [6.07, 6.45) is 2.91. The van der Waals surface area contributed by atoms with Crippen molar-refractivity contribution in [2.45, 2.75) is 19.8 Å². The molecule has 1 aromatic heterocycles. The summed E-state index contributed by atoms with van der Waals surface area (Å²) in [5, 5.41) is 2.88. The fourth-order valence-corrected chi connectivity index (χ4v) is 2.68. The largest absolute Gasteiger partial charge is 0.355 e. The van der Waals surface area contributed by atoms with Gasteiger partial charge in [0.1, 0.15) is 11.6 Å². The van der Waals surface area contributed by atoms with Crippen LogP contribution in [0.2, 0.25) is 0 Å². The molecule has 0 radical (unpaired) electrons. The fraction of sp³-hybridized carbons (Fsp3) is 0.200. The minimum Gasteiger partial charge on any atom is -0.355 e. The van der Waals surface area contributed by atoms with Crippen LogP contribution >= 0.6 is 0 Å². The van der Waals surface area contributed by atoms with Crippen LogP contribution in [0.25, 0.3) is 5.69 Å². The monoisotopic (exact) mass is 337 g/mol. The van der Waals surface area contributed by atoms with Crippen molar-refractivity contribution in [3.8, 4) is 5.69 Å². The molecule has 0 aliphatic heterocycles. The van der Waals surface area contributed by atoms with Crippen molar-refractivity contribution in [1.82, 2.24) is 14.9 Å². The standard InChI is InChI=1S/C20H20FN3O/c1-15-23-18(14-24(15)19-5-3-2-4-6-19)11-12-22-20(25)13-16-7-9-17(21)10-8-16/h2-10,14H,11-13H2,1H3,(H,22,25). The molecule has 1 amide bonds. The lowest BCUT2D eigenvalue weighted by molar-refractivity contribution is -0.120. The quantitative estimate of drug-likeness (QED) is 0.751. The van der Waals surface area contributed by atoms with Crippen LogP contribution in [-0.2, 0) is 17.6 Å². The second kappa shape index (κ2) is 7.75. The van der Waals surface area contributed by atoms with Crippen molar-refractivity contribution in [3.05, 3.63) is 83.7 Å². The predicted molar refractivity (Wildman–Crippen MR) is 95.1 cm³/mol. The van der Waals surface area contributed by atoms with Crippen molar-refractivity contribution < 1.29 is 9.18 Å². The summed E-state index contributed by atoms with van der Waals surface area (Å²) in [5.41, 5.74) is 2.80. The molecular formula is C20H20FN3O. The molecule has 0 unspecified atom stereocenters. The molecule has 25 heavy (non-hydrogen) atoms. The molecule has 0 aliphatic carbocycles. The number of hydrogen-bond acceptors (Lipinski definition) is 2. The second-order valence-corrected chi connectivity index (χ2v) is 5.89. The molecule has 0 spiro atoms. The van der Waals surface area contributed by atoms with Crippen LogP contribution in [0.1, 0.15) is 17.1 Å². The summed E-state index contributed by atoms with van der Waals surface area (Å²) in [6, 6.07) is 16.0. The normalized spacial score (nSPS) is 10.6. The van der Waals surface area contributed by atoms with E-state index in [1.807, 2.05) is 48.0 Å². The molecule has 0 atom stereocenters. The van der Waals surface area contributed by atoms with Gasteiger partial charge in [0, 0.05) is 24.8 Å². The van der Waals surface area contributed by atoms with Crippen LogP contribution in [0, 0.1) is 12.7 Å². The van der Waals surface area contributed by atoms with Gasteiger partial charge in [-0.1, -0.05) is 30.3 Å². The molecule has 1 heterocycles. The van der Waals surface area contributed by atoms with Crippen LogP contribution in [0.3, 0.4) is 0 Å². The minimum atomic E-state index is -0.298. The Morgan fingerprint density at radius 2 is 1.84 bits per heavy atom. The molecule has 0 saturated heterocycles. The molecule has 0 aliphatic rings. The number of aromatic nitrogens is 2. The second-order valence-electron chi connectivity index (χ2n) is 5.89. The number of nitrogens with one attached hydrogen (secondary N) is 1. The topological polar surface area (TPSA) is 46.9 Å². The van der Waals surface area contributed by atoms with Crippen molar-refractivity contribution in [1.29, 1.82) is 0 Å². The third kappa shape index (κ3) is 4.53. The van der Waals surface area contributed by atoms with Gasteiger partial charge < -0.3 is 9.88 Å². The number of carbonyl (C=O) groups excluding carboxylic acids is 1. The molecular weight excluding hydrogens is 317 g/mol. The fourth-order valence-electron chi connectivity index (χ4n) is 2.68. The smallest absolute Gasteiger partial charge is 0.224 e. The first-order valence-corrected chi connectivity index (χ1v) is 8.23. The van der Waals surface area contributed by atoms with Crippen LogP contribution < -0.4 is 5.32 Å². The highest BCUT2D eigenvalue weighted by molar-refractivity contribution is 5.78. The van der Waals surface area contributed by atoms with E-state index in [1.165, 1.54) is 12.1 Å². The van der Waals surface area contributed by atoms with Gasteiger partial charge in [0.2, 0.25) is 5.91 Å². The zero-order chi connectivity index (χ0) is 17.6. The zero-order valence-electron chi connectivity index (χ0n) is 14.1. The summed E-state index contributed by atoms with van der Waals surface area (Å²) in [4.78, 5) is 16.5. The average molecular weight is 337 g/mol. The van der Waals surface area contributed by atoms with E-state index in [0.29, 0.717) is 13.0 Å². The highest BCUT2D eigenvalue weighted by Gasteiger charge is 2.07. The van der Waals surface area contributed by atoms with Gasteiger partial charge in [-0.15, -0.1) is 0 Å². The Hall–Kier alpha value is -2.95. The van der Waals surface area contributed by atoms with E-state index in [4.69, 9.17) is 0 Å². The summed E-state index contributed by atoms with van der Waals surface area (Å²) >= 11 is 0. The Morgan fingerprint density at radius 1 is 1.12 bits per heavy atom. The molecule has 0 saturated carbocycles. The average Bonchev–Trinajstić information content (AvgIpc) is 2.98. The highest BCUT2D eigenvalue weighted by atomic mass is 19.1. The summed E-state index contributed by atoms with van der Waals surface area (Å²) in [5.74, 6) is 0.540. The Labute approximate surface area is 146 Å². The maximum atomic E-state index is 12.9. The van der Waals surface area contributed by atoms with E-state index in [9.17, 15) is 9.18 Å². The number of imidazole rings is 1. The van der Waals surface area contributed by atoms with Crippen molar-refractivity contribution >= 4 is 5.91 Å². The lowest BCUT2D eigenvalue weighted by Crippen LogP contribution is -2.27. The molecule has 2 aromatic carbocycles. The molecule has 5 heteroatoms. The number of benzene rings is 2. The lowest BCUT2D eigenvalue weighted by Gasteiger charge is -2.04. The number of halogens is 1. The predicted octanol–water partition coefficient (Wildman–Crippen LogP) is 3.22. The van der Waals surface area contributed by atoms with Crippen molar-refractivity contribution in [2.75, 3.05) is 6.54 Å². The highest BCUT2D eigenvalue weighted by Crippen LogP contribution is 2.12. The van der Waals surface area contributed by atoms with Gasteiger partial charge in [0.05, 0.1) is 12.1 Å². The summed E-state index contributed by atoms with van der Waals surface area (Å²) in [7, 11) is 0. The first-order chi connectivity index (χ1) is 12.1.